The van der Waals surface area contributed by atoms with Gasteiger partial charge in [-0.15, -0.1) is 6.58 Å². The maximum absolute atomic E-state index is 3.95. The molecule has 3 atom stereocenters. The van der Waals surface area contributed by atoms with Gasteiger partial charge in [0, 0.05) is 36.9 Å². The van der Waals surface area contributed by atoms with E-state index in [4.69, 9.17) is 0 Å². The lowest BCUT2D eigenvalue weighted by Crippen LogP contribution is -2.35. The van der Waals surface area contributed by atoms with Crippen LogP contribution in [0.4, 0.5) is 0 Å². The van der Waals surface area contributed by atoms with Crippen molar-refractivity contribution in [1.29, 1.82) is 0 Å². The molecule has 1 saturated heterocycles. The number of likely N-dealkylation sites (tertiary alicyclic amines) is 1. The molecule has 1 aliphatic heterocycles. The minimum Gasteiger partial charge on any atom is -0.298 e. The minimum absolute atomic E-state index is 0.332. The molecule has 2 bridgehead atoms. The van der Waals surface area contributed by atoms with Gasteiger partial charge in [0.15, 0.2) is 0 Å². The van der Waals surface area contributed by atoms with Crippen molar-refractivity contribution in [3.63, 3.8) is 0 Å². The van der Waals surface area contributed by atoms with Crippen molar-refractivity contribution >= 4 is 0 Å². The average molecular weight is 287 g/mol. The second-order valence-electron chi connectivity index (χ2n) is 7.16. The highest BCUT2D eigenvalue weighted by molar-refractivity contribution is 5.58. The van der Waals surface area contributed by atoms with Crippen LogP contribution in [0.2, 0.25) is 0 Å². The Bertz CT molecular complexity index is 751. The van der Waals surface area contributed by atoms with E-state index in [0.717, 1.165) is 6.54 Å². The molecule has 2 aromatic rings. The number of benzene rings is 2. The predicted octanol–water partition coefficient (Wildman–Crippen LogP) is 4.06. The predicted molar refractivity (Wildman–Crippen MR) is 90.4 cm³/mol. The Morgan fingerprint density at radius 2 is 1.77 bits per heavy atom. The first kappa shape index (κ1) is 12.7. The fraction of sp³-hybridized carbons (Fsp3) is 0.333. The SMILES string of the molecule is C=CCN1CC2c3ccccc3C3CC2(C1)c1ccccc13. The van der Waals surface area contributed by atoms with Crippen LogP contribution in [0.15, 0.2) is 61.2 Å². The van der Waals surface area contributed by atoms with E-state index in [2.05, 4.69) is 66.1 Å². The van der Waals surface area contributed by atoms with Crippen molar-refractivity contribution in [1.82, 2.24) is 4.90 Å². The molecular weight excluding hydrogens is 266 g/mol. The lowest BCUT2D eigenvalue weighted by atomic mass is 9.65. The molecule has 0 saturated carbocycles. The highest BCUT2D eigenvalue weighted by atomic mass is 15.2. The lowest BCUT2D eigenvalue weighted by molar-refractivity contribution is 0.329. The van der Waals surface area contributed by atoms with Crippen LogP contribution < -0.4 is 0 Å². The number of nitrogens with zero attached hydrogens (tertiary/aromatic N) is 1. The van der Waals surface area contributed by atoms with Gasteiger partial charge in [0.1, 0.15) is 0 Å². The van der Waals surface area contributed by atoms with Crippen molar-refractivity contribution in [3.05, 3.63) is 83.4 Å². The standard InChI is InChI=1S/C21H21N/c1-2-11-22-13-20-16-8-4-3-7-15(16)18-12-21(20,14-22)19-10-6-5-9-17(18)19/h2-10,18,20H,1,11-14H2. The Labute approximate surface area is 132 Å². The Kier molecular flexibility index (Phi) is 2.49. The van der Waals surface area contributed by atoms with E-state index in [-0.39, 0.29) is 0 Å². The van der Waals surface area contributed by atoms with Crippen molar-refractivity contribution < 1.29 is 0 Å². The van der Waals surface area contributed by atoms with Crippen LogP contribution in [0.1, 0.15) is 40.5 Å². The number of fused-ring (bicyclic) bond motifs is 3. The monoisotopic (exact) mass is 287 g/mol. The van der Waals surface area contributed by atoms with Crippen LogP contribution in [-0.4, -0.2) is 24.5 Å². The summed E-state index contributed by atoms with van der Waals surface area (Å²) < 4.78 is 0. The van der Waals surface area contributed by atoms with Crippen LogP contribution in [-0.2, 0) is 5.41 Å². The number of hydrogen-bond acceptors (Lipinski definition) is 1. The van der Waals surface area contributed by atoms with Gasteiger partial charge in [-0.05, 0) is 28.7 Å². The molecule has 3 unspecified atom stereocenters. The molecule has 1 fully saturated rings. The molecule has 0 N–H and O–H groups in total. The fourth-order valence-corrected chi connectivity index (χ4v) is 5.47. The smallest absolute Gasteiger partial charge is 0.0173 e. The molecule has 1 nitrogen and oxygen atoms in total. The first-order valence-electron chi connectivity index (χ1n) is 8.35. The van der Waals surface area contributed by atoms with E-state index in [1.54, 1.807) is 22.3 Å². The largest absolute Gasteiger partial charge is 0.298 e. The summed E-state index contributed by atoms with van der Waals surface area (Å²) in [4.78, 5) is 2.60. The van der Waals surface area contributed by atoms with E-state index in [9.17, 15) is 0 Å². The topological polar surface area (TPSA) is 3.24 Å². The molecule has 0 aromatic heterocycles. The van der Waals surface area contributed by atoms with Crippen molar-refractivity contribution in [2.24, 2.45) is 0 Å². The summed E-state index contributed by atoms with van der Waals surface area (Å²) in [6.07, 6.45) is 3.35. The summed E-state index contributed by atoms with van der Waals surface area (Å²) in [6.45, 7) is 7.31. The second kappa shape index (κ2) is 4.33. The van der Waals surface area contributed by atoms with Crippen LogP contribution in [0.5, 0.6) is 0 Å². The van der Waals surface area contributed by atoms with Crippen LogP contribution >= 0.6 is 0 Å². The van der Waals surface area contributed by atoms with E-state index in [0.29, 0.717) is 17.3 Å². The van der Waals surface area contributed by atoms with E-state index < -0.39 is 0 Å². The van der Waals surface area contributed by atoms with Gasteiger partial charge in [0.25, 0.3) is 0 Å². The third-order valence-electron chi connectivity index (χ3n) is 6.19. The van der Waals surface area contributed by atoms with E-state index in [1.165, 1.54) is 19.5 Å². The van der Waals surface area contributed by atoms with Crippen LogP contribution in [0.3, 0.4) is 0 Å². The first-order valence-corrected chi connectivity index (χ1v) is 8.35. The van der Waals surface area contributed by atoms with Crippen LogP contribution in [0, 0.1) is 0 Å². The van der Waals surface area contributed by atoms with Gasteiger partial charge in [0.2, 0.25) is 0 Å². The molecule has 0 radical (unpaired) electrons. The Morgan fingerprint density at radius 3 is 2.59 bits per heavy atom. The number of hydrogen-bond donors (Lipinski definition) is 0. The molecular formula is C21H21N. The highest BCUT2D eigenvalue weighted by Gasteiger charge is 2.57. The highest BCUT2D eigenvalue weighted by Crippen LogP contribution is 2.62. The summed E-state index contributed by atoms with van der Waals surface area (Å²) in [5.41, 5.74) is 6.71. The quantitative estimate of drug-likeness (QED) is 0.753. The molecule has 1 heterocycles. The summed E-state index contributed by atoms with van der Waals surface area (Å²) in [5.74, 6) is 1.25. The molecule has 22 heavy (non-hydrogen) atoms. The molecule has 5 rings (SSSR count). The molecule has 0 amide bonds. The van der Waals surface area contributed by atoms with E-state index >= 15 is 0 Å². The van der Waals surface area contributed by atoms with Crippen molar-refractivity contribution in [2.45, 2.75) is 23.7 Å². The molecule has 2 aliphatic carbocycles. The lowest BCUT2D eigenvalue weighted by Gasteiger charge is -2.37. The molecule has 1 heteroatoms. The van der Waals surface area contributed by atoms with Gasteiger partial charge < -0.3 is 0 Å². The maximum Gasteiger partial charge on any atom is 0.0173 e. The zero-order chi connectivity index (χ0) is 14.7. The third kappa shape index (κ3) is 1.43. The zero-order valence-corrected chi connectivity index (χ0v) is 12.8. The third-order valence-corrected chi connectivity index (χ3v) is 6.19. The summed E-state index contributed by atoms with van der Waals surface area (Å²) in [7, 11) is 0. The van der Waals surface area contributed by atoms with Gasteiger partial charge >= 0.3 is 0 Å². The molecule has 2 aromatic carbocycles. The Balaban J connectivity index is 1.76. The second-order valence-corrected chi connectivity index (χ2v) is 7.16. The number of rotatable bonds is 2. The van der Waals surface area contributed by atoms with Gasteiger partial charge in [-0.25, -0.2) is 0 Å². The summed E-state index contributed by atoms with van der Waals surface area (Å²) in [5, 5.41) is 0. The Morgan fingerprint density at radius 1 is 1.05 bits per heavy atom. The van der Waals surface area contributed by atoms with Gasteiger partial charge in [-0.2, -0.15) is 0 Å². The van der Waals surface area contributed by atoms with Gasteiger partial charge in [-0.1, -0.05) is 54.6 Å². The zero-order valence-electron chi connectivity index (χ0n) is 12.8. The van der Waals surface area contributed by atoms with Crippen molar-refractivity contribution in [2.75, 3.05) is 19.6 Å². The molecule has 1 spiro atoms. The Hall–Kier alpha value is -1.86. The van der Waals surface area contributed by atoms with Crippen LogP contribution in [0.25, 0.3) is 0 Å². The summed E-state index contributed by atoms with van der Waals surface area (Å²) >= 11 is 0. The van der Waals surface area contributed by atoms with Gasteiger partial charge in [0.05, 0.1) is 0 Å². The van der Waals surface area contributed by atoms with Gasteiger partial charge in [-0.3, -0.25) is 4.90 Å². The van der Waals surface area contributed by atoms with E-state index in [1.807, 2.05) is 0 Å². The minimum atomic E-state index is 0.332. The molecule has 3 aliphatic rings. The molecule has 110 valence electrons. The maximum atomic E-state index is 3.95. The van der Waals surface area contributed by atoms with Crippen molar-refractivity contribution in [3.8, 4) is 0 Å². The average Bonchev–Trinajstić information content (AvgIpc) is 3.07. The normalized spacial score (nSPS) is 31.5. The fourth-order valence-electron chi connectivity index (χ4n) is 5.47. The summed E-state index contributed by atoms with van der Waals surface area (Å²) in [6, 6.07) is 18.4. The first-order chi connectivity index (χ1) is 10.8.